The number of carbonyl (C=O) groups is 1. The van der Waals surface area contributed by atoms with E-state index in [4.69, 9.17) is 5.11 Å². The van der Waals surface area contributed by atoms with Gasteiger partial charge >= 0.3 is 5.97 Å². The highest BCUT2D eigenvalue weighted by Crippen LogP contribution is 2.02. The molecule has 0 bridgehead atoms. The predicted octanol–water partition coefficient (Wildman–Crippen LogP) is 3.56. The fraction of sp³-hybridized carbons (Fsp3) is 0.462. The molecule has 0 amide bonds. The lowest BCUT2D eigenvalue weighted by Gasteiger charge is -1.93. The second kappa shape index (κ2) is 8.04. The van der Waals surface area contributed by atoms with Crippen LogP contribution in [0.15, 0.2) is 24.3 Å². The minimum atomic E-state index is -0.693. The maximum absolute atomic E-state index is 9.76. The Hall–Kier alpha value is -1.31. The van der Waals surface area contributed by atoms with E-state index in [-0.39, 0.29) is 0 Å². The lowest BCUT2D eigenvalue weighted by molar-refractivity contribution is -0.137. The number of benzene rings is 1. The van der Waals surface area contributed by atoms with Crippen molar-refractivity contribution in [2.45, 2.75) is 40.0 Å². The molecule has 0 radical (unpaired) electrons. The molecule has 2 heteroatoms. The quantitative estimate of drug-likeness (QED) is 0.824. The van der Waals surface area contributed by atoms with Gasteiger partial charge in [-0.15, -0.1) is 0 Å². The van der Waals surface area contributed by atoms with Crippen molar-refractivity contribution in [2.75, 3.05) is 0 Å². The Morgan fingerprint density at radius 3 is 1.87 bits per heavy atom. The summed E-state index contributed by atoms with van der Waals surface area (Å²) in [5, 5.41) is 8.04. The van der Waals surface area contributed by atoms with Gasteiger partial charge in [0.15, 0.2) is 0 Å². The Labute approximate surface area is 91.9 Å². The number of aryl methyl sites for hydroxylation is 2. The van der Waals surface area contributed by atoms with E-state index in [2.05, 4.69) is 38.1 Å². The summed E-state index contributed by atoms with van der Waals surface area (Å²) in [7, 11) is 0. The van der Waals surface area contributed by atoms with E-state index in [0.29, 0.717) is 6.42 Å². The molecule has 0 atom stereocenters. The van der Waals surface area contributed by atoms with Crippen molar-refractivity contribution in [3.05, 3.63) is 35.4 Å². The first-order valence-corrected chi connectivity index (χ1v) is 5.32. The monoisotopic (exact) mass is 208 g/mol. The minimum Gasteiger partial charge on any atom is -0.481 e. The van der Waals surface area contributed by atoms with Crippen LogP contribution in [-0.2, 0) is 4.79 Å². The average Bonchev–Trinajstić information content (AvgIpc) is 2.20. The Balaban J connectivity index is 0.000000265. The van der Waals surface area contributed by atoms with E-state index in [1.807, 2.05) is 6.92 Å². The number of carboxylic acid groups (broad SMARTS) is 1. The van der Waals surface area contributed by atoms with Crippen molar-refractivity contribution < 1.29 is 9.90 Å². The molecule has 84 valence electrons. The highest BCUT2D eigenvalue weighted by Gasteiger charge is 1.90. The average molecular weight is 208 g/mol. The fourth-order valence-corrected chi connectivity index (χ4v) is 0.991. The highest BCUT2D eigenvalue weighted by atomic mass is 16.4. The first-order chi connectivity index (χ1) is 7.07. The largest absolute Gasteiger partial charge is 0.481 e. The van der Waals surface area contributed by atoms with Crippen LogP contribution in [0.25, 0.3) is 0 Å². The second-order valence-corrected chi connectivity index (χ2v) is 3.58. The third-order valence-corrected chi connectivity index (χ3v) is 2.17. The van der Waals surface area contributed by atoms with Gasteiger partial charge in [-0.1, -0.05) is 37.6 Å². The second-order valence-electron chi connectivity index (χ2n) is 3.58. The first kappa shape index (κ1) is 13.7. The molecule has 1 aromatic rings. The highest BCUT2D eigenvalue weighted by molar-refractivity contribution is 5.66. The van der Waals surface area contributed by atoms with Crippen molar-refractivity contribution in [1.29, 1.82) is 0 Å². The molecule has 0 aliphatic heterocycles. The number of hydrogen-bond acceptors (Lipinski definition) is 1. The van der Waals surface area contributed by atoms with Crippen molar-refractivity contribution in [3.63, 3.8) is 0 Å². The Morgan fingerprint density at radius 1 is 1.20 bits per heavy atom. The van der Waals surface area contributed by atoms with Gasteiger partial charge in [-0.05, 0) is 31.4 Å². The van der Waals surface area contributed by atoms with Gasteiger partial charge in [-0.2, -0.15) is 0 Å². The van der Waals surface area contributed by atoms with E-state index in [1.165, 1.54) is 11.1 Å². The number of unbranched alkanes of at least 4 members (excludes halogenated alkanes) is 1. The number of rotatable bonds is 3. The van der Waals surface area contributed by atoms with Crippen LogP contribution in [0.3, 0.4) is 0 Å². The minimum absolute atomic E-state index is 0.316. The van der Waals surface area contributed by atoms with E-state index < -0.39 is 5.97 Å². The van der Waals surface area contributed by atoms with Crippen molar-refractivity contribution in [1.82, 2.24) is 0 Å². The lowest BCUT2D eigenvalue weighted by atomic mass is 10.1. The molecule has 0 aliphatic carbocycles. The van der Waals surface area contributed by atoms with Gasteiger partial charge < -0.3 is 5.11 Å². The normalized spacial score (nSPS) is 9.00. The van der Waals surface area contributed by atoms with Crippen molar-refractivity contribution >= 4 is 5.97 Å². The van der Waals surface area contributed by atoms with Crippen LogP contribution in [-0.4, -0.2) is 11.1 Å². The summed E-state index contributed by atoms with van der Waals surface area (Å²) in [6.07, 6.45) is 2.08. The Bertz CT molecular complexity index is 271. The molecule has 2 nitrogen and oxygen atoms in total. The molecular weight excluding hydrogens is 188 g/mol. The molecule has 0 saturated heterocycles. The van der Waals surface area contributed by atoms with Crippen LogP contribution in [0, 0.1) is 13.8 Å². The molecule has 0 heterocycles. The number of carboxylic acids is 1. The summed E-state index contributed by atoms with van der Waals surface area (Å²) < 4.78 is 0. The third-order valence-electron chi connectivity index (χ3n) is 2.17. The predicted molar refractivity (Wildman–Crippen MR) is 63.1 cm³/mol. The molecule has 1 N–H and O–H groups in total. The maximum Gasteiger partial charge on any atom is 0.303 e. The molecule has 0 unspecified atom stereocenters. The van der Waals surface area contributed by atoms with Crippen LogP contribution in [0.5, 0.6) is 0 Å². The summed E-state index contributed by atoms with van der Waals surface area (Å²) in [6, 6.07) is 8.36. The SMILES string of the molecule is CCCCC(=O)O.Cc1ccccc1C. The zero-order valence-corrected chi connectivity index (χ0v) is 9.79. The summed E-state index contributed by atoms with van der Waals surface area (Å²) in [6.45, 7) is 6.22. The Morgan fingerprint density at radius 2 is 1.67 bits per heavy atom. The lowest BCUT2D eigenvalue weighted by Crippen LogP contribution is -1.91. The summed E-state index contributed by atoms with van der Waals surface area (Å²) in [5.41, 5.74) is 2.74. The molecule has 1 aromatic carbocycles. The summed E-state index contributed by atoms with van der Waals surface area (Å²) in [5.74, 6) is -0.693. The van der Waals surface area contributed by atoms with Crippen LogP contribution < -0.4 is 0 Å². The molecule has 1 rings (SSSR count). The van der Waals surface area contributed by atoms with Crippen LogP contribution in [0.1, 0.15) is 37.3 Å². The molecule has 0 saturated carbocycles. The zero-order chi connectivity index (χ0) is 11.7. The molecular formula is C13H20O2. The number of hydrogen-bond donors (Lipinski definition) is 1. The smallest absolute Gasteiger partial charge is 0.303 e. The van der Waals surface area contributed by atoms with Gasteiger partial charge in [0.2, 0.25) is 0 Å². The van der Waals surface area contributed by atoms with Crippen molar-refractivity contribution in [3.8, 4) is 0 Å². The van der Waals surface area contributed by atoms with Crippen LogP contribution in [0.4, 0.5) is 0 Å². The summed E-state index contributed by atoms with van der Waals surface area (Å²) in [4.78, 5) is 9.76. The topological polar surface area (TPSA) is 37.3 Å². The van der Waals surface area contributed by atoms with Gasteiger partial charge in [0, 0.05) is 6.42 Å². The van der Waals surface area contributed by atoms with Gasteiger partial charge in [0.25, 0.3) is 0 Å². The number of aliphatic carboxylic acids is 1. The molecule has 0 spiro atoms. The van der Waals surface area contributed by atoms with Crippen molar-refractivity contribution in [2.24, 2.45) is 0 Å². The zero-order valence-electron chi connectivity index (χ0n) is 9.79. The first-order valence-electron chi connectivity index (χ1n) is 5.32. The van der Waals surface area contributed by atoms with Gasteiger partial charge in [0.1, 0.15) is 0 Å². The van der Waals surface area contributed by atoms with E-state index in [0.717, 1.165) is 12.8 Å². The van der Waals surface area contributed by atoms with Gasteiger partial charge in [0.05, 0.1) is 0 Å². The van der Waals surface area contributed by atoms with E-state index in [1.54, 1.807) is 0 Å². The van der Waals surface area contributed by atoms with Crippen LogP contribution >= 0.6 is 0 Å². The molecule has 0 aliphatic rings. The van der Waals surface area contributed by atoms with E-state index >= 15 is 0 Å². The van der Waals surface area contributed by atoms with E-state index in [9.17, 15) is 4.79 Å². The Kier molecular flexibility index (Phi) is 7.33. The molecule has 15 heavy (non-hydrogen) atoms. The standard InChI is InChI=1S/C8H10.C5H10O2/c1-7-5-3-4-6-8(7)2;1-2-3-4-5(6)7/h3-6H,1-2H3;2-4H2,1H3,(H,6,7). The van der Waals surface area contributed by atoms with Gasteiger partial charge in [-0.3, -0.25) is 4.79 Å². The molecule has 0 aromatic heterocycles. The third kappa shape index (κ3) is 7.74. The van der Waals surface area contributed by atoms with Gasteiger partial charge in [-0.25, -0.2) is 0 Å². The maximum atomic E-state index is 9.76. The molecule has 0 fully saturated rings. The van der Waals surface area contributed by atoms with Crippen LogP contribution in [0.2, 0.25) is 0 Å². The fourth-order valence-electron chi connectivity index (χ4n) is 0.991. The summed E-state index contributed by atoms with van der Waals surface area (Å²) >= 11 is 0.